The first kappa shape index (κ1) is 13.3. The van der Waals surface area contributed by atoms with Crippen molar-refractivity contribution >= 4 is 5.95 Å². The first-order chi connectivity index (χ1) is 8.61. The van der Waals surface area contributed by atoms with Gasteiger partial charge in [0.2, 0.25) is 5.95 Å². The van der Waals surface area contributed by atoms with Crippen molar-refractivity contribution in [2.75, 3.05) is 31.1 Å². The SMILES string of the molecule is CCN1CCN(c2ncc(C(C)C)cn2)C(C)C1. The van der Waals surface area contributed by atoms with Gasteiger partial charge in [-0.05, 0) is 24.9 Å². The summed E-state index contributed by atoms with van der Waals surface area (Å²) >= 11 is 0. The van der Waals surface area contributed by atoms with E-state index in [0.717, 1.165) is 32.1 Å². The highest BCUT2D eigenvalue weighted by atomic mass is 15.3. The maximum atomic E-state index is 4.52. The van der Waals surface area contributed by atoms with Crippen LogP contribution in [0.3, 0.4) is 0 Å². The lowest BCUT2D eigenvalue weighted by Gasteiger charge is -2.39. The molecule has 18 heavy (non-hydrogen) atoms. The molecule has 4 heteroatoms. The molecule has 1 saturated heterocycles. The van der Waals surface area contributed by atoms with E-state index in [4.69, 9.17) is 0 Å². The van der Waals surface area contributed by atoms with Crippen molar-refractivity contribution in [2.45, 2.75) is 39.7 Å². The first-order valence-corrected chi connectivity index (χ1v) is 6.92. The molecule has 2 rings (SSSR count). The van der Waals surface area contributed by atoms with Gasteiger partial charge in [-0.1, -0.05) is 20.8 Å². The quantitative estimate of drug-likeness (QED) is 0.820. The zero-order valence-corrected chi connectivity index (χ0v) is 11.9. The Morgan fingerprint density at radius 2 is 1.94 bits per heavy atom. The predicted octanol–water partition coefficient (Wildman–Crippen LogP) is 2.13. The van der Waals surface area contributed by atoms with Crippen LogP contribution < -0.4 is 4.90 Å². The molecule has 100 valence electrons. The molecule has 1 aliphatic rings. The Labute approximate surface area is 110 Å². The van der Waals surface area contributed by atoms with Crippen LogP contribution in [-0.2, 0) is 0 Å². The van der Waals surface area contributed by atoms with Crippen LogP contribution in [0.5, 0.6) is 0 Å². The minimum Gasteiger partial charge on any atom is -0.336 e. The predicted molar refractivity (Wildman–Crippen MR) is 75.0 cm³/mol. The number of piperazine rings is 1. The Kier molecular flexibility index (Phi) is 4.17. The van der Waals surface area contributed by atoms with Crippen LogP contribution in [-0.4, -0.2) is 47.1 Å². The van der Waals surface area contributed by atoms with Crippen LogP contribution >= 0.6 is 0 Å². The standard InChI is InChI=1S/C14H24N4/c1-5-17-6-7-18(12(4)10-17)14-15-8-13(9-16-14)11(2)3/h8-9,11-12H,5-7,10H2,1-4H3. The zero-order valence-electron chi connectivity index (χ0n) is 11.9. The molecule has 0 saturated carbocycles. The van der Waals surface area contributed by atoms with Gasteiger partial charge in [0, 0.05) is 38.1 Å². The molecule has 4 nitrogen and oxygen atoms in total. The van der Waals surface area contributed by atoms with Gasteiger partial charge in [0.25, 0.3) is 0 Å². The maximum absolute atomic E-state index is 4.52. The third kappa shape index (κ3) is 2.80. The number of anilines is 1. The summed E-state index contributed by atoms with van der Waals surface area (Å²) in [5.41, 5.74) is 1.21. The average molecular weight is 248 g/mol. The Morgan fingerprint density at radius 1 is 1.28 bits per heavy atom. The second-order valence-electron chi connectivity index (χ2n) is 5.41. The molecule has 1 aromatic rings. The summed E-state index contributed by atoms with van der Waals surface area (Å²) in [6, 6.07) is 0.489. The van der Waals surface area contributed by atoms with Crippen LogP contribution in [0.2, 0.25) is 0 Å². The second-order valence-corrected chi connectivity index (χ2v) is 5.41. The smallest absolute Gasteiger partial charge is 0.225 e. The van der Waals surface area contributed by atoms with E-state index in [-0.39, 0.29) is 0 Å². The summed E-state index contributed by atoms with van der Waals surface area (Å²) < 4.78 is 0. The Bertz CT molecular complexity index is 374. The minimum atomic E-state index is 0.489. The van der Waals surface area contributed by atoms with Gasteiger partial charge in [0.1, 0.15) is 0 Å². The van der Waals surface area contributed by atoms with Crippen LogP contribution in [0.15, 0.2) is 12.4 Å². The van der Waals surface area contributed by atoms with Gasteiger partial charge >= 0.3 is 0 Å². The van der Waals surface area contributed by atoms with Crippen LogP contribution in [0, 0.1) is 0 Å². The van der Waals surface area contributed by atoms with Gasteiger partial charge in [-0.3, -0.25) is 4.90 Å². The number of likely N-dealkylation sites (N-methyl/N-ethyl adjacent to an activating group) is 1. The molecular formula is C14H24N4. The molecule has 0 amide bonds. The van der Waals surface area contributed by atoms with Gasteiger partial charge in [-0.15, -0.1) is 0 Å². The number of aromatic nitrogens is 2. The van der Waals surface area contributed by atoms with Gasteiger partial charge in [-0.2, -0.15) is 0 Å². The molecule has 1 fully saturated rings. The highest BCUT2D eigenvalue weighted by Crippen LogP contribution is 2.18. The van der Waals surface area contributed by atoms with Crippen molar-refractivity contribution in [2.24, 2.45) is 0 Å². The normalized spacial score (nSPS) is 21.6. The molecule has 1 unspecified atom stereocenters. The average Bonchev–Trinajstić information content (AvgIpc) is 2.38. The van der Waals surface area contributed by atoms with Gasteiger partial charge in [0.05, 0.1) is 0 Å². The van der Waals surface area contributed by atoms with Gasteiger partial charge < -0.3 is 4.90 Å². The highest BCUT2D eigenvalue weighted by molar-refractivity contribution is 5.33. The Hall–Kier alpha value is -1.16. The van der Waals surface area contributed by atoms with Crippen molar-refractivity contribution in [3.05, 3.63) is 18.0 Å². The number of hydrogen-bond acceptors (Lipinski definition) is 4. The fourth-order valence-electron chi connectivity index (χ4n) is 2.40. The molecular weight excluding hydrogens is 224 g/mol. The lowest BCUT2D eigenvalue weighted by molar-refractivity contribution is 0.238. The van der Waals surface area contributed by atoms with E-state index in [0.29, 0.717) is 12.0 Å². The lowest BCUT2D eigenvalue weighted by Crippen LogP contribution is -2.52. The number of hydrogen-bond donors (Lipinski definition) is 0. The third-order valence-electron chi connectivity index (χ3n) is 3.74. The van der Waals surface area contributed by atoms with Crippen molar-refractivity contribution in [1.29, 1.82) is 0 Å². The van der Waals surface area contributed by atoms with E-state index in [9.17, 15) is 0 Å². The lowest BCUT2D eigenvalue weighted by atomic mass is 10.1. The third-order valence-corrected chi connectivity index (χ3v) is 3.74. The highest BCUT2D eigenvalue weighted by Gasteiger charge is 2.24. The van der Waals surface area contributed by atoms with E-state index in [1.54, 1.807) is 0 Å². The summed E-state index contributed by atoms with van der Waals surface area (Å²) in [7, 11) is 0. The molecule has 1 aliphatic heterocycles. The van der Waals surface area contributed by atoms with Crippen molar-refractivity contribution in [3.8, 4) is 0 Å². The molecule has 1 atom stereocenters. The Balaban J connectivity index is 2.07. The topological polar surface area (TPSA) is 32.3 Å². The fraction of sp³-hybridized carbons (Fsp3) is 0.714. The molecule has 0 bridgehead atoms. The number of nitrogens with zero attached hydrogens (tertiary/aromatic N) is 4. The first-order valence-electron chi connectivity index (χ1n) is 6.92. The maximum Gasteiger partial charge on any atom is 0.225 e. The largest absolute Gasteiger partial charge is 0.336 e. The fourth-order valence-corrected chi connectivity index (χ4v) is 2.40. The molecule has 0 aliphatic carbocycles. The van der Waals surface area contributed by atoms with Gasteiger partial charge in [-0.25, -0.2) is 9.97 Å². The molecule has 0 spiro atoms. The van der Waals surface area contributed by atoms with Gasteiger partial charge in [0.15, 0.2) is 0 Å². The molecule has 1 aromatic heterocycles. The Morgan fingerprint density at radius 3 is 2.44 bits per heavy atom. The summed E-state index contributed by atoms with van der Waals surface area (Å²) in [6.07, 6.45) is 3.93. The second kappa shape index (κ2) is 5.65. The van der Waals surface area contributed by atoms with Crippen molar-refractivity contribution in [1.82, 2.24) is 14.9 Å². The summed E-state index contributed by atoms with van der Waals surface area (Å²) in [5.74, 6) is 1.37. The van der Waals surface area contributed by atoms with Crippen molar-refractivity contribution in [3.63, 3.8) is 0 Å². The molecule has 0 N–H and O–H groups in total. The molecule has 0 radical (unpaired) electrons. The van der Waals surface area contributed by atoms with E-state index >= 15 is 0 Å². The van der Waals surface area contributed by atoms with E-state index < -0.39 is 0 Å². The zero-order chi connectivity index (χ0) is 13.1. The minimum absolute atomic E-state index is 0.489. The number of rotatable bonds is 3. The van der Waals surface area contributed by atoms with E-state index in [2.05, 4.69) is 47.5 Å². The molecule has 0 aromatic carbocycles. The van der Waals surface area contributed by atoms with Crippen LogP contribution in [0.25, 0.3) is 0 Å². The summed E-state index contributed by atoms with van der Waals surface area (Å²) in [6.45, 7) is 13.2. The summed E-state index contributed by atoms with van der Waals surface area (Å²) in [5, 5.41) is 0. The van der Waals surface area contributed by atoms with Crippen LogP contribution in [0.4, 0.5) is 5.95 Å². The van der Waals surface area contributed by atoms with Crippen molar-refractivity contribution < 1.29 is 0 Å². The monoisotopic (exact) mass is 248 g/mol. The van der Waals surface area contributed by atoms with E-state index in [1.807, 2.05) is 12.4 Å². The van der Waals surface area contributed by atoms with Crippen LogP contribution in [0.1, 0.15) is 39.2 Å². The van der Waals surface area contributed by atoms with E-state index in [1.165, 1.54) is 5.56 Å². The molecule has 2 heterocycles. The summed E-state index contributed by atoms with van der Waals surface area (Å²) in [4.78, 5) is 13.8.